The maximum Gasteiger partial charge on any atom is 0.254 e. The maximum atomic E-state index is 12.1. The summed E-state index contributed by atoms with van der Waals surface area (Å²) in [5.74, 6) is 1.74. The molecule has 0 spiro atoms. The molecule has 7 heteroatoms. The van der Waals surface area contributed by atoms with Crippen LogP contribution in [-0.4, -0.2) is 49.0 Å². The Morgan fingerprint density at radius 3 is 2.90 bits per heavy atom. The second-order valence-corrected chi connectivity index (χ2v) is 5.97. The molecule has 0 bridgehead atoms. The van der Waals surface area contributed by atoms with Crippen molar-refractivity contribution < 1.29 is 4.79 Å². The van der Waals surface area contributed by atoms with Crippen LogP contribution in [0, 0.1) is 13.8 Å². The number of likely N-dealkylation sites (tertiary alicyclic amines) is 1. The minimum absolute atomic E-state index is 0.131. The lowest BCUT2D eigenvalue weighted by Gasteiger charge is -2.18. The summed E-state index contributed by atoms with van der Waals surface area (Å²) >= 11 is 0. The topological polar surface area (TPSA) is 75.4 Å². The van der Waals surface area contributed by atoms with Crippen molar-refractivity contribution in [1.82, 2.24) is 24.5 Å². The highest BCUT2D eigenvalue weighted by Gasteiger charge is 2.39. The SMILES string of the molecule is Cc1nc2ncnn2c(NC2CC(=O)N(C3CC3)C2)c1C. The van der Waals surface area contributed by atoms with Crippen LogP contribution in [0.15, 0.2) is 6.33 Å². The molecule has 1 aliphatic heterocycles. The van der Waals surface area contributed by atoms with Crippen molar-refractivity contribution in [2.24, 2.45) is 0 Å². The summed E-state index contributed by atoms with van der Waals surface area (Å²) in [6, 6.07) is 0.613. The third-order valence-electron chi connectivity index (χ3n) is 4.39. The van der Waals surface area contributed by atoms with Crippen molar-refractivity contribution >= 4 is 17.5 Å². The molecule has 21 heavy (non-hydrogen) atoms. The molecule has 4 rings (SSSR count). The first-order valence-electron chi connectivity index (χ1n) is 7.36. The molecule has 2 aliphatic rings. The van der Waals surface area contributed by atoms with Crippen LogP contribution in [0.2, 0.25) is 0 Å². The Bertz CT molecular complexity index is 720. The number of nitrogens with zero attached hydrogens (tertiary/aromatic N) is 5. The molecule has 1 saturated carbocycles. The molecule has 2 aromatic heterocycles. The number of hydrogen-bond donors (Lipinski definition) is 1. The van der Waals surface area contributed by atoms with Gasteiger partial charge in [0.05, 0.1) is 6.04 Å². The fourth-order valence-corrected chi connectivity index (χ4v) is 2.96. The number of aryl methyl sites for hydroxylation is 1. The van der Waals surface area contributed by atoms with Crippen molar-refractivity contribution in [2.75, 3.05) is 11.9 Å². The number of carbonyl (C=O) groups excluding carboxylic acids is 1. The molecular formula is C14H18N6O. The fraction of sp³-hybridized carbons (Fsp3) is 0.571. The summed E-state index contributed by atoms with van der Waals surface area (Å²) in [7, 11) is 0. The van der Waals surface area contributed by atoms with Crippen molar-refractivity contribution in [3.8, 4) is 0 Å². The lowest BCUT2D eigenvalue weighted by atomic mass is 10.2. The minimum atomic E-state index is 0.131. The van der Waals surface area contributed by atoms with E-state index in [1.54, 1.807) is 4.52 Å². The first-order chi connectivity index (χ1) is 10.1. The van der Waals surface area contributed by atoms with Gasteiger partial charge in [-0.05, 0) is 26.7 Å². The minimum Gasteiger partial charge on any atom is -0.365 e. The highest BCUT2D eigenvalue weighted by molar-refractivity contribution is 5.80. The Balaban J connectivity index is 1.64. The maximum absolute atomic E-state index is 12.1. The van der Waals surface area contributed by atoms with E-state index in [0.29, 0.717) is 18.2 Å². The molecule has 2 aromatic rings. The second-order valence-electron chi connectivity index (χ2n) is 5.97. The normalized spacial score (nSPS) is 22.3. The van der Waals surface area contributed by atoms with E-state index in [0.717, 1.165) is 36.5 Å². The molecule has 3 heterocycles. The molecule has 1 aliphatic carbocycles. The van der Waals surface area contributed by atoms with Crippen molar-refractivity contribution in [3.05, 3.63) is 17.6 Å². The summed E-state index contributed by atoms with van der Waals surface area (Å²) in [6.45, 7) is 4.76. The van der Waals surface area contributed by atoms with E-state index in [2.05, 4.69) is 20.4 Å². The third-order valence-corrected chi connectivity index (χ3v) is 4.39. The number of fused-ring (bicyclic) bond motifs is 1. The predicted octanol–water partition coefficient (Wildman–Crippen LogP) is 0.916. The van der Waals surface area contributed by atoms with Gasteiger partial charge in [0.1, 0.15) is 12.1 Å². The van der Waals surface area contributed by atoms with Crippen LogP contribution in [0.5, 0.6) is 0 Å². The van der Waals surface area contributed by atoms with Crippen LogP contribution in [0.25, 0.3) is 5.78 Å². The summed E-state index contributed by atoms with van der Waals surface area (Å²) in [5.41, 5.74) is 1.98. The lowest BCUT2D eigenvalue weighted by molar-refractivity contribution is -0.128. The number of carbonyl (C=O) groups is 1. The molecule has 1 N–H and O–H groups in total. The highest BCUT2D eigenvalue weighted by Crippen LogP contribution is 2.31. The molecule has 1 saturated heterocycles. The molecule has 110 valence electrons. The smallest absolute Gasteiger partial charge is 0.254 e. The van der Waals surface area contributed by atoms with Gasteiger partial charge in [0.25, 0.3) is 5.78 Å². The first kappa shape index (κ1) is 12.6. The second kappa shape index (κ2) is 4.41. The van der Waals surface area contributed by atoms with Gasteiger partial charge >= 0.3 is 0 Å². The van der Waals surface area contributed by atoms with Gasteiger partial charge in [-0.25, -0.2) is 4.98 Å². The Hall–Kier alpha value is -2.18. The number of hydrogen-bond acceptors (Lipinski definition) is 5. The highest BCUT2D eigenvalue weighted by atomic mass is 16.2. The molecule has 0 aromatic carbocycles. The van der Waals surface area contributed by atoms with Crippen LogP contribution in [0.4, 0.5) is 5.82 Å². The molecule has 2 fully saturated rings. The van der Waals surface area contributed by atoms with Crippen LogP contribution < -0.4 is 5.32 Å². The Kier molecular flexibility index (Phi) is 2.63. The van der Waals surface area contributed by atoms with Gasteiger partial charge in [0, 0.05) is 30.3 Å². The van der Waals surface area contributed by atoms with Gasteiger partial charge in [-0.2, -0.15) is 14.6 Å². The monoisotopic (exact) mass is 286 g/mol. The molecule has 1 unspecified atom stereocenters. The van der Waals surface area contributed by atoms with E-state index in [-0.39, 0.29) is 11.9 Å². The van der Waals surface area contributed by atoms with Crippen LogP contribution in [0.1, 0.15) is 30.5 Å². The van der Waals surface area contributed by atoms with Gasteiger partial charge in [-0.1, -0.05) is 0 Å². The van der Waals surface area contributed by atoms with Gasteiger partial charge in [-0.3, -0.25) is 4.79 Å². The van der Waals surface area contributed by atoms with Crippen molar-refractivity contribution in [3.63, 3.8) is 0 Å². The van der Waals surface area contributed by atoms with E-state index >= 15 is 0 Å². The lowest BCUT2D eigenvalue weighted by Crippen LogP contribution is -2.30. The van der Waals surface area contributed by atoms with Crippen molar-refractivity contribution in [1.29, 1.82) is 0 Å². The van der Waals surface area contributed by atoms with E-state index in [1.807, 2.05) is 18.7 Å². The van der Waals surface area contributed by atoms with Gasteiger partial charge in [0.15, 0.2) is 0 Å². The third kappa shape index (κ3) is 2.03. The van der Waals surface area contributed by atoms with Gasteiger partial charge in [0.2, 0.25) is 5.91 Å². The number of amides is 1. The summed E-state index contributed by atoms with van der Waals surface area (Å²) in [4.78, 5) is 22.6. The quantitative estimate of drug-likeness (QED) is 0.908. The molecule has 1 amide bonds. The van der Waals surface area contributed by atoms with E-state index in [1.165, 1.54) is 6.33 Å². The van der Waals surface area contributed by atoms with Crippen LogP contribution in [0.3, 0.4) is 0 Å². The van der Waals surface area contributed by atoms with Crippen LogP contribution >= 0.6 is 0 Å². The zero-order valence-corrected chi connectivity index (χ0v) is 12.2. The molecule has 7 nitrogen and oxygen atoms in total. The Morgan fingerprint density at radius 1 is 1.33 bits per heavy atom. The van der Waals surface area contributed by atoms with Crippen molar-refractivity contribution in [2.45, 2.75) is 45.2 Å². The van der Waals surface area contributed by atoms with E-state index in [9.17, 15) is 4.79 Å². The average molecular weight is 286 g/mol. The van der Waals surface area contributed by atoms with Gasteiger partial charge < -0.3 is 10.2 Å². The van der Waals surface area contributed by atoms with Crippen LogP contribution in [-0.2, 0) is 4.79 Å². The van der Waals surface area contributed by atoms with E-state index < -0.39 is 0 Å². The molecular weight excluding hydrogens is 268 g/mol. The Morgan fingerprint density at radius 2 is 2.14 bits per heavy atom. The first-order valence-corrected chi connectivity index (χ1v) is 7.36. The molecule has 0 radical (unpaired) electrons. The summed E-state index contributed by atoms with van der Waals surface area (Å²) in [5, 5.41) is 7.71. The fourth-order valence-electron chi connectivity index (χ4n) is 2.96. The number of aromatic nitrogens is 4. The Labute approximate surface area is 122 Å². The standard InChI is InChI=1S/C14H18N6O/c1-8-9(2)17-14-15-7-16-20(14)13(8)18-10-5-12(21)19(6-10)11-3-4-11/h7,10-11,18H,3-6H2,1-2H3. The predicted molar refractivity (Wildman–Crippen MR) is 77.0 cm³/mol. The molecule has 1 atom stereocenters. The average Bonchev–Trinajstić information content (AvgIpc) is 3.08. The number of nitrogens with one attached hydrogen (secondary N) is 1. The largest absolute Gasteiger partial charge is 0.365 e. The van der Waals surface area contributed by atoms with E-state index in [4.69, 9.17) is 0 Å². The number of rotatable bonds is 3. The summed E-state index contributed by atoms with van der Waals surface area (Å²) < 4.78 is 1.71. The summed E-state index contributed by atoms with van der Waals surface area (Å²) in [6.07, 6.45) is 4.36. The zero-order valence-electron chi connectivity index (χ0n) is 12.2. The van der Waals surface area contributed by atoms with Gasteiger partial charge in [-0.15, -0.1) is 0 Å². The zero-order chi connectivity index (χ0) is 14.6. The number of anilines is 1.